The highest BCUT2D eigenvalue weighted by molar-refractivity contribution is 6.08. The molecule has 1 aliphatic heterocycles. The molecule has 0 radical (unpaired) electrons. The summed E-state index contributed by atoms with van der Waals surface area (Å²) >= 11 is 0. The van der Waals surface area contributed by atoms with E-state index >= 15 is 0 Å². The number of nitrogens with zero attached hydrogens (tertiary/aromatic N) is 3. The summed E-state index contributed by atoms with van der Waals surface area (Å²) in [5.41, 5.74) is 2.17. The summed E-state index contributed by atoms with van der Waals surface area (Å²) in [6.45, 7) is 8.52. The van der Waals surface area contributed by atoms with Crippen LogP contribution in [0.15, 0.2) is 46.0 Å². The van der Waals surface area contributed by atoms with Crippen molar-refractivity contribution in [2.24, 2.45) is 0 Å². The van der Waals surface area contributed by atoms with Gasteiger partial charge in [-0.25, -0.2) is 0 Å². The summed E-state index contributed by atoms with van der Waals surface area (Å²) in [5, 5.41) is 3.07. The highest BCUT2D eigenvalue weighted by Gasteiger charge is 2.22. The maximum absolute atomic E-state index is 13.3. The Labute approximate surface area is 198 Å². The molecule has 1 aromatic heterocycles. The van der Waals surface area contributed by atoms with Crippen LogP contribution < -0.4 is 26.1 Å². The second-order valence-corrected chi connectivity index (χ2v) is 8.39. The molecule has 0 unspecified atom stereocenters. The molecule has 2 aromatic carbocycles. The number of benzene rings is 2. The van der Waals surface area contributed by atoms with Crippen LogP contribution in [0.5, 0.6) is 5.75 Å². The summed E-state index contributed by atoms with van der Waals surface area (Å²) < 4.78 is 8.65. The quantitative estimate of drug-likeness (QED) is 0.537. The molecule has 0 saturated carbocycles. The second-order valence-electron chi connectivity index (χ2n) is 8.39. The van der Waals surface area contributed by atoms with Gasteiger partial charge in [-0.15, -0.1) is 0 Å². The molecule has 1 saturated heterocycles. The standard InChI is InChI=1S/C26H32N4O4/c1-4-29-21-16-19(27-24(31)18-12-8-9-13-23(18)34-6-3)20(28-14-10-7-11-15-28)17-22(21)30(5-2)26(33)25(29)32/h8-9,12-13,16-17H,4-7,10-11,14-15H2,1-3H3,(H,27,31). The first kappa shape index (κ1) is 23.6. The Morgan fingerprint density at radius 2 is 1.53 bits per heavy atom. The van der Waals surface area contributed by atoms with Crippen molar-refractivity contribution in [2.75, 3.05) is 29.9 Å². The minimum atomic E-state index is -0.554. The molecule has 2 heterocycles. The van der Waals surface area contributed by atoms with Gasteiger partial charge in [0, 0.05) is 26.2 Å². The monoisotopic (exact) mass is 464 g/mol. The number of anilines is 2. The molecule has 1 amide bonds. The van der Waals surface area contributed by atoms with E-state index in [9.17, 15) is 14.4 Å². The van der Waals surface area contributed by atoms with Gasteiger partial charge in [-0.1, -0.05) is 12.1 Å². The minimum Gasteiger partial charge on any atom is -0.493 e. The average molecular weight is 465 g/mol. The summed E-state index contributed by atoms with van der Waals surface area (Å²) in [5.74, 6) is 0.240. The number of ether oxygens (including phenoxy) is 1. The number of para-hydroxylation sites is 1. The van der Waals surface area contributed by atoms with Crippen LogP contribution in [-0.4, -0.2) is 34.7 Å². The number of hydrogen-bond acceptors (Lipinski definition) is 5. The van der Waals surface area contributed by atoms with Gasteiger partial charge in [0.25, 0.3) is 5.91 Å². The van der Waals surface area contributed by atoms with E-state index in [1.54, 1.807) is 18.2 Å². The SMILES string of the molecule is CCOc1ccccc1C(=O)Nc1cc2c(cc1N1CCCCC1)n(CC)c(=O)c(=O)n2CC. The van der Waals surface area contributed by atoms with Crippen molar-refractivity contribution >= 4 is 28.3 Å². The number of carbonyl (C=O) groups excluding carboxylic acids is 1. The fourth-order valence-corrected chi connectivity index (χ4v) is 4.70. The molecular formula is C26H32N4O4. The van der Waals surface area contributed by atoms with Crippen LogP contribution >= 0.6 is 0 Å². The van der Waals surface area contributed by atoms with Gasteiger partial charge in [-0.05, 0) is 64.3 Å². The first-order valence-electron chi connectivity index (χ1n) is 12.1. The fraction of sp³-hybridized carbons (Fsp3) is 0.423. The number of nitrogens with one attached hydrogen (secondary N) is 1. The van der Waals surface area contributed by atoms with Gasteiger partial charge in [0.2, 0.25) is 0 Å². The van der Waals surface area contributed by atoms with Crippen LogP contribution in [0.4, 0.5) is 11.4 Å². The molecule has 34 heavy (non-hydrogen) atoms. The third-order valence-corrected chi connectivity index (χ3v) is 6.36. The number of hydrogen-bond donors (Lipinski definition) is 1. The molecule has 0 atom stereocenters. The molecule has 0 spiro atoms. The smallest absolute Gasteiger partial charge is 0.316 e. The van der Waals surface area contributed by atoms with Crippen molar-refractivity contribution in [3.8, 4) is 5.75 Å². The molecule has 1 N–H and O–H groups in total. The number of aryl methyl sites for hydroxylation is 2. The summed E-state index contributed by atoms with van der Waals surface area (Å²) in [6, 6.07) is 10.9. The molecule has 3 aromatic rings. The first-order valence-corrected chi connectivity index (χ1v) is 12.1. The van der Waals surface area contributed by atoms with E-state index in [2.05, 4.69) is 10.2 Å². The van der Waals surface area contributed by atoms with Gasteiger partial charge >= 0.3 is 11.1 Å². The Morgan fingerprint density at radius 1 is 0.912 bits per heavy atom. The Kier molecular flexibility index (Phi) is 7.05. The van der Waals surface area contributed by atoms with Gasteiger partial charge < -0.3 is 24.1 Å². The molecule has 1 fully saturated rings. The average Bonchev–Trinajstić information content (AvgIpc) is 2.86. The Bertz CT molecular complexity index is 1320. The lowest BCUT2D eigenvalue weighted by Crippen LogP contribution is -2.41. The van der Waals surface area contributed by atoms with E-state index in [1.165, 1.54) is 15.6 Å². The van der Waals surface area contributed by atoms with E-state index < -0.39 is 11.1 Å². The van der Waals surface area contributed by atoms with Crippen molar-refractivity contribution < 1.29 is 9.53 Å². The fourth-order valence-electron chi connectivity index (χ4n) is 4.70. The third-order valence-electron chi connectivity index (χ3n) is 6.36. The number of amides is 1. The van der Waals surface area contributed by atoms with Crippen LogP contribution in [0.3, 0.4) is 0 Å². The van der Waals surface area contributed by atoms with Crippen LogP contribution in [0.25, 0.3) is 11.0 Å². The minimum absolute atomic E-state index is 0.282. The number of fused-ring (bicyclic) bond motifs is 1. The Balaban J connectivity index is 1.90. The zero-order chi connectivity index (χ0) is 24.2. The van der Waals surface area contributed by atoms with Crippen LogP contribution in [0.1, 0.15) is 50.4 Å². The van der Waals surface area contributed by atoms with Gasteiger partial charge in [-0.2, -0.15) is 0 Å². The van der Waals surface area contributed by atoms with E-state index in [0.717, 1.165) is 31.6 Å². The lowest BCUT2D eigenvalue weighted by Gasteiger charge is -2.31. The molecule has 0 bridgehead atoms. The normalized spacial score (nSPS) is 13.8. The number of piperidine rings is 1. The maximum Gasteiger partial charge on any atom is 0.316 e. The van der Waals surface area contributed by atoms with Crippen molar-refractivity contribution in [2.45, 2.75) is 53.1 Å². The Hall–Kier alpha value is -3.55. The van der Waals surface area contributed by atoms with E-state index in [4.69, 9.17) is 4.74 Å². The van der Waals surface area contributed by atoms with Crippen molar-refractivity contribution in [3.63, 3.8) is 0 Å². The third kappa shape index (κ3) is 4.32. The topological polar surface area (TPSA) is 85.6 Å². The highest BCUT2D eigenvalue weighted by Crippen LogP contribution is 2.33. The van der Waals surface area contributed by atoms with Crippen molar-refractivity contribution in [3.05, 3.63) is 62.7 Å². The van der Waals surface area contributed by atoms with Gasteiger partial charge in [0.15, 0.2) is 0 Å². The molecule has 180 valence electrons. The molecule has 0 aliphatic carbocycles. The van der Waals surface area contributed by atoms with Gasteiger partial charge in [0.1, 0.15) is 5.75 Å². The molecular weight excluding hydrogens is 432 g/mol. The van der Waals surface area contributed by atoms with Crippen LogP contribution in [0, 0.1) is 0 Å². The summed E-state index contributed by atoms with van der Waals surface area (Å²) in [7, 11) is 0. The maximum atomic E-state index is 13.3. The zero-order valence-electron chi connectivity index (χ0n) is 20.1. The van der Waals surface area contributed by atoms with E-state index in [0.29, 0.717) is 47.7 Å². The zero-order valence-corrected chi connectivity index (χ0v) is 20.1. The molecule has 8 heteroatoms. The largest absolute Gasteiger partial charge is 0.493 e. The van der Waals surface area contributed by atoms with E-state index in [-0.39, 0.29) is 5.91 Å². The lowest BCUT2D eigenvalue weighted by atomic mass is 10.1. The first-order chi connectivity index (χ1) is 16.5. The Morgan fingerprint density at radius 3 is 2.15 bits per heavy atom. The molecule has 1 aliphatic rings. The summed E-state index contributed by atoms with van der Waals surface area (Å²) in [6.07, 6.45) is 3.30. The number of carbonyl (C=O) groups is 1. The van der Waals surface area contributed by atoms with Gasteiger partial charge in [-0.3, -0.25) is 14.4 Å². The summed E-state index contributed by atoms with van der Waals surface area (Å²) in [4.78, 5) is 41.1. The van der Waals surface area contributed by atoms with Crippen LogP contribution in [0.2, 0.25) is 0 Å². The second kappa shape index (κ2) is 10.2. The number of aromatic nitrogens is 2. The van der Waals surface area contributed by atoms with Gasteiger partial charge in [0.05, 0.1) is 34.6 Å². The lowest BCUT2D eigenvalue weighted by molar-refractivity contribution is 0.102. The predicted molar refractivity (Wildman–Crippen MR) is 135 cm³/mol. The van der Waals surface area contributed by atoms with E-state index in [1.807, 2.05) is 39.0 Å². The van der Waals surface area contributed by atoms with Crippen molar-refractivity contribution in [1.29, 1.82) is 0 Å². The van der Waals surface area contributed by atoms with Crippen molar-refractivity contribution in [1.82, 2.24) is 9.13 Å². The predicted octanol–water partition coefficient (Wildman–Crippen LogP) is 3.84. The molecule has 8 nitrogen and oxygen atoms in total. The number of rotatable bonds is 7. The van der Waals surface area contributed by atoms with Crippen LogP contribution in [-0.2, 0) is 13.1 Å². The highest BCUT2D eigenvalue weighted by atomic mass is 16.5. The molecule has 4 rings (SSSR count).